The third-order valence-corrected chi connectivity index (χ3v) is 8.45. The maximum Gasteiger partial charge on any atom is 0.245 e. The Kier molecular flexibility index (Phi) is 6.64. The Labute approximate surface area is 196 Å². The number of aryl methyl sites for hydroxylation is 3. The highest BCUT2D eigenvalue weighted by Crippen LogP contribution is 2.35. The fourth-order valence-corrected chi connectivity index (χ4v) is 6.36. The lowest BCUT2D eigenvalue weighted by molar-refractivity contribution is -0.116. The number of amides is 1. The highest BCUT2D eigenvalue weighted by Gasteiger charge is 2.26. The minimum absolute atomic E-state index is 0.188. The zero-order valence-corrected chi connectivity index (χ0v) is 20.7. The molecule has 0 atom stereocenters. The van der Waals surface area contributed by atoms with Gasteiger partial charge in [0.15, 0.2) is 0 Å². The molecule has 0 saturated heterocycles. The number of hydrogen-bond donors (Lipinski definition) is 2. The van der Waals surface area contributed by atoms with Gasteiger partial charge in [0, 0.05) is 23.8 Å². The van der Waals surface area contributed by atoms with Crippen LogP contribution in [0.4, 0.5) is 5.69 Å². The van der Waals surface area contributed by atoms with E-state index in [1.807, 2.05) is 38.1 Å². The molecule has 3 aromatic rings. The molecule has 176 valence electrons. The number of nitrogens with one attached hydrogen (secondary N) is 2. The SMILES string of the molecule is Cc1cc(S(=O)(=O)N(C)CC(=O)Nc2ccc(C3CCCCC3)c(C)c2)c2[nH]c(C)cc2c1. The van der Waals surface area contributed by atoms with E-state index in [1.165, 1.54) is 50.3 Å². The van der Waals surface area contributed by atoms with Crippen molar-refractivity contribution >= 4 is 32.5 Å². The molecule has 1 aromatic heterocycles. The number of aromatic amines is 1. The summed E-state index contributed by atoms with van der Waals surface area (Å²) in [5.74, 6) is 0.236. The number of carbonyl (C=O) groups excluding carboxylic acids is 1. The molecule has 0 bridgehead atoms. The van der Waals surface area contributed by atoms with Gasteiger partial charge in [0.2, 0.25) is 15.9 Å². The van der Waals surface area contributed by atoms with Crippen molar-refractivity contribution in [3.05, 3.63) is 58.8 Å². The molecule has 2 N–H and O–H groups in total. The van der Waals surface area contributed by atoms with E-state index in [2.05, 4.69) is 23.3 Å². The number of aromatic nitrogens is 1. The van der Waals surface area contributed by atoms with E-state index in [-0.39, 0.29) is 17.3 Å². The predicted octanol–water partition coefficient (Wildman–Crippen LogP) is 5.40. The molecule has 1 fully saturated rings. The largest absolute Gasteiger partial charge is 0.358 e. The fraction of sp³-hybridized carbons (Fsp3) is 0.423. The summed E-state index contributed by atoms with van der Waals surface area (Å²) in [6.07, 6.45) is 6.32. The van der Waals surface area contributed by atoms with Gasteiger partial charge in [-0.25, -0.2) is 8.42 Å². The summed E-state index contributed by atoms with van der Waals surface area (Å²) in [6, 6.07) is 11.5. The number of fused-ring (bicyclic) bond motifs is 1. The summed E-state index contributed by atoms with van der Waals surface area (Å²) < 4.78 is 27.7. The number of nitrogens with zero attached hydrogens (tertiary/aromatic N) is 1. The van der Waals surface area contributed by atoms with E-state index in [9.17, 15) is 13.2 Å². The van der Waals surface area contributed by atoms with Gasteiger partial charge >= 0.3 is 0 Å². The average Bonchev–Trinajstić information content (AvgIpc) is 3.13. The van der Waals surface area contributed by atoms with Gasteiger partial charge < -0.3 is 10.3 Å². The first-order chi connectivity index (χ1) is 15.6. The second-order valence-electron chi connectivity index (χ2n) is 9.40. The Bertz CT molecular complexity index is 1290. The Balaban J connectivity index is 1.48. The Hall–Kier alpha value is -2.64. The molecule has 6 nitrogen and oxygen atoms in total. The highest BCUT2D eigenvalue weighted by atomic mass is 32.2. The number of carbonyl (C=O) groups is 1. The van der Waals surface area contributed by atoms with Crippen molar-refractivity contribution in [1.29, 1.82) is 0 Å². The first-order valence-corrected chi connectivity index (χ1v) is 13.1. The van der Waals surface area contributed by atoms with Crippen LogP contribution in [0.5, 0.6) is 0 Å². The van der Waals surface area contributed by atoms with E-state index in [0.717, 1.165) is 20.9 Å². The van der Waals surface area contributed by atoms with E-state index in [1.54, 1.807) is 6.07 Å². The molecule has 7 heteroatoms. The number of sulfonamides is 1. The van der Waals surface area contributed by atoms with Gasteiger partial charge in [0.1, 0.15) is 4.90 Å². The van der Waals surface area contributed by atoms with Crippen LogP contribution in [-0.2, 0) is 14.8 Å². The average molecular weight is 468 g/mol. The third kappa shape index (κ3) is 4.99. The quantitative estimate of drug-likeness (QED) is 0.509. The molecular weight excluding hydrogens is 434 g/mol. The normalized spacial score (nSPS) is 15.3. The number of likely N-dealkylation sites (N-methyl/N-ethyl adjacent to an activating group) is 1. The van der Waals surface area contributed by atoms with Crippen LogP contribution in [0.1, 0.15) is 60.4 Å². The molecule has 1 amide bonds. The molecule has 1 aliphatic carbocycles. The zero-order valence-electron chi connectivity index (χ0n) is 19.9. The minimum atomic E-state index is -3.85. The molecule has 1 heterocycles. The lowest BCUT2D eigenvalue weighted by atomic mass is 9.82. The van der Waals surface area contributed by atoms with E-state index in [0.29, 0.717) is 17.1 Å². The van der Waals surface area contributed by atoms with Crippen molar-refractivity contribution in [3.63, 3.8) is 0 Å². The van der Waals surface area contributed by atoms with Crippen LogP contribution < -0.4 is 5.32 Å². The molecule has 4 rings (SSSR count). The van der Waals surface area contributed by atoms with Crippen LogP contribution in [0.3, 0.4) is 0 Å². The summed E-state index contributed by atoms with van der Waals surface area (Å²) >= 11 is 0. The summed E-state index contributed by atoms with van der Waals surface area (Å²) in [5.41, 5.74) is 5.54. The first-order valence-electron chi connectivity index (χ1n) is 11.6. The van der Waals surface area contributed by atoms with Crippen LogP contribution in [0, 0.1) is 20.8 Å². The topological polar surface area (TPSA) is 82.3 Å². The second-order valence-corrected chi connectivity index (χ2v) is 11.4. The molecule has 0 radical (unpaired) electrons. The van der Waals surface area contributed by atoms with Crippen molar-refractivity contribution < 1.29 is 13.2 Å². The number of anilines is 1. The molecule has 1 saturated carbocycles. The van der Waals surface area contributed by atoms with Crippen LogP contribution in [0.2, 0.25) is 0 Å². The molecule has 1 aliphatic rings. The van der Waals surface area contributed by atoms with Crippen molar-refractivity contribution in [2.45, 2.75) is 63.7 Å². The van der Waals surface area contributed by atoms with Gasteiger partial charge in [-0.15, -0.1) is 0 Å². The van der Waals surface area contributed by atoms with Gasteiger partial charge in [-0.1, -0.05) is 25.3 Å². The van der Waals surface area contributed by atoms with Crippen molar-refractivity contribution in [2.75, 3.05) is 18.9 Å². The minimum Gasteiger partial charge on any atom is -0.358 e. The van der Waals surface area contributed by atoms with E-state index >= 15 is 0 Å². The second kappa shape index (κ2) is 9.31. The Morgan fingerprint density at radius 2 is 1.79 bits per heavy atom. The summed E-state index contributed by atoms with van der Waals surface area (Å²) in [4.78, 5) is 16.0. The van der Waals surface area contributed by atoms with Crippen LogP contribution in [-0.4, -0.2) is 37.2 Å². The Morgan fingerprint density at radius 3 is 2.48 bits per heavy atom. The van der Waals surface area contributed by atoms with Gasteiger partial charge in [-0.3, -0.25) is 4.79 Å². The maximum atomic E-state index is 13.3. The van der Waals surface area contributed by atoms with Crippen molar-refractivity contribution in [1.82, 2.24) is 9.29 Å². The standard InChI is InChI=1S/C26H33N3O3S/c1-17-12-21-15-19(3)27-26(21)24(13-17)33(31,32)29(4)16-25(30)28-22-10-11-23(18(2)14-22)20-8-6-5-7-9-20/h10-15,20,27H,5-9,16H2,1-4H3,(H,28,30). The van der Waals surface area contributed by atoms with Gasteiger partial charge in [-0.05, 0) is 86.6 Å². The molecule has 2 aromatic carbocycles. The zero-order chi connectivity index (χ0) is 23.8. The molecule has 0 aliphatic heterocycles. The highest BCUT2D eigenvalue weighted by molar-refractivity contribution is 7.89. The first kappa shape index (κ1) is 23.5. The number of benzene rings is 2. The lowest BCUT2D eigenvalue weighted by Crippen LogP contribution is -2.35. The van der Waals surface area contributed by atoms with Gasteiger partial charge in [-0.2, -0.15) is 4.31 Å². The van der Waals surface area contributed by atoms with E-state index < -0.39 is 10.0 Å². The molecular formula is C26H33N3O3S. The molecule has 33 heavy (non-hydrogen) atoms. The predicted molar refractivity (Wildman–Crippen MR) is 133 cm³/mol. The summed E-state index contributed by atoms with van der Waals surface area (Å²) in [6.45, 7) is 5.58. The molecule has 0 unspecified atom stereocenters. The molecule has 0 spiro atoms. The monoisotopic (exact) mass is 467 g/mol. The summed E-state index contributed by atoms with van der Waals surface area (Å²) in [5, 5.41) is 3.71. The van der Waals surface area contributed by atoms with Crippen molar-refractivity contribution in [3.8, 4) is 0 Å². The van der Waals surface area contributed by atoms with Gasteiger partial charge in [0.05, 0.1) is 12.1 Å². The lowest BCUT2D eigenvalue weighted by Gasteiger charge is -2.24. The smallest absolute Gasteiger partial charge is 0.245 e. The third-order valence-electron chi connectivity index (χ3n) is 6.62. The number of hydrogen-bond acceptors (Lipinski definition) is 3. The van der Waals surface area contributed by atoms with E-state index in [4.69, 9.17) is 0 Å². The summed E-state index contributed by atoms with van der Waals surface area (Å²) in [7, 11) is -2.41. The van der Waals surface area contributed by atoms with Crippen LogP contribution in [0.15, 0.2) is 41.3 Å². The maximum absolute atomic E-state index is 13.3. The van der Waals surface area contributed by atoms with Crippen LogP contribution >= 0.6 is 0 Å². The number of rotatable bonds is 6. The fourth-order valence-electron chi connectivity index (χ4n) is 4.98. The van der Waals surface area contributed by atoms with Crippen molar-refractivity contribution in [2.24, 2.45) is 0 Å². The Morgan fingerprint density at radius 1 is 1.06 bits per heavy atom. The van der Waals surface area contributed by atoms with Gasteiger partial charge in [0.25, 0.3) is 0 Å². The van der Waals surface area contributed by atoms with Crippen LogP contribution in [0.25, 0.3) is 10.9 Å². The number of H-pyrrole nitrogens is 1.